The summed E-state index contributed by atoms with van der Waals surface area (Å²) in [5, 5.41) is 9.06. The van der Waals surface area contributed by atoms with Gasteiger partial charge < -0.3 is 15.4 Å². The summed E-state index contributed by atoms with van der Waals surface area (Å²) in [5.74, 6) is 1.73. The van der Waals surface area contributed by atoms with Crippen molar-refractivity contribution >= 4 is 17.3 Å². The SMILES string of the molecule is CCNC(=NCc1ccccc1OC)NCC(C)N1CCc2sccc2C1. The Kier molecular flexibility index (Phi) is 7.12. The van der Waals surface area contributed by atoms with E-state index in [0.717, 1.165) is 43.5 Å². The van der Waals surface area contributed by atoms with Gasteiger partial charge >= 0.3 is 0 Å². The lowest BCUT2D eigenvalue weighted by atomic mass is 10.1. The van der Waals surface area contributed by atoms with Crippen molar-refractivity contribution in [3.63, 3.8) is 0 Å². The summed E-state index contributed by atoms with van der Waals surface area (Å²) in [6, 6.07) is 10.8. The number of nitrogens with one attached hydrogen (secondary N) is 2. The Hall–Kier alpha value is -2.05. The smallest absolute Gasteiger partial charge is 0.191 e. The Morgan fingerprint density at radius 3 is 2.96 bits per heavy atom. The summed E-state index contributed by atoms with van der Waals surface area (Å²) in [6.45, 7) is 8.86. The predicted molar refractivity (Wildman–Crippen MR) is 114 cm³/mol. The zero-order valence-electron chi connectivity index (χ0n) is 16.5. The molecule has 0 radical (unpaired) electrons. The number of fused-ring (bicyclic) bond motifs is 1. The molecule has 1 aliphatic rings. The van der Waals surface area contributed by atoms with Crippen LogP contribution in [0.4, 0.5) is 0 Å². The number of para-hydroxylation sites is 1. The molecule has 1 unspecified atom stereocenters. The van der Waals surface area contributed by atoms with Crippen molar-refractivity contribution < 1.29 is 4.74 Å². The lowest BCUT2D eigenvalue weighted by Crippen LogP contribution is -2.47. The van der Waals surface area contributed by atoms with Gasteiger partial charge in [-0.25, -0.2) is 4.99 Å². The molecule has 0 fully saturated rings. The Morgan fingerprint density at radius 1 is 1.30 bits per heavy atom. The van der Waals surface area contributed by atoms with Gasteiger partial charge in [0.1, 0.15) is 5.75 Å². The molecular formula is C21H30N4OS. The van der Waals surface area contributed by atoms with E-state index in [-0.39, 0.29) is 0 Å². The maximum atomic E-state index is 5.42. The highest BCUT2D eigenvalue weighted by Gasteiger charge is 2.21. The summed E-state index contributed by atoms with van der Waals surface area (Å²) in [7, 11) is 1.70. The normalized spacial score (nSPS) is 15.9. The van der Waals surface area contributed by atoms with Crippen LogP contribution < -0.4 is 15.4 Å². The third kappa shape index (κ3) is 5.23. The van der Waals surface area contributed by atoms with Crippen LogP contribution in [0.3, 0.4) is 0 Å². The molecule has 27 heavy (non-hydrogen) atoms. The Balaban J connectivity index is 1.56. The Morgan fingerprint density at radius 2 is 2.15 bits per heavy atom. The van der Waals surface area contributed by atoms with Gasteiger partial charge in [-0.3, -0.25) is 4.90 Å². The highest BCUT2D eigenvalue weighted by atomic mass is 32.1. The van der Waals surface area contributed by atoms with Gasteiger partial charge in [0.2, 0.25) is 0 Å². The topological polar surface area (TPSA) is 48.9 Å². The average molecular weight is 387 g/mol. The first-order valence-corrected chi connectivity index (χ1v) is 10.5. The van der Waals surface area contributed by atoms with Gasteiger partial charge in [0.05, 0.1) is 13.7 Å². The Labute approximate surface area is 166 Å². The minimum atomic E-state index is 0.452. The molecule has 1 atom stereocenters. The van der Waals surface area contributed by atoms with E-state index in [9.17, 15) is 0 Å². The molecule has 0 saturated heterocycles. The molecular weight excluding hydrogens is 356 g/mol. The van der Waals surface area contributed by atoms with E-state index in [4.69, 9.17) is 9.73 Å². The first-order valence-electron chi connectivity index (χ1n) is 9.64. The van der Waals surface area contributed by atoms with Gasteiger partial charge in [-0.2, -0.15) is 0 Å². The molecule has 0 saturated carbocycles. The maximum absolute atomic E-state index is 5.42. The van der Waals surface area contributed by atoms with Gasteiger partial charge in [-0.05, 0) is 43.3 Å². The quantitative estimate of drug-likeness (QED) is 0.566. The third-order valence-corrected chi connectivity index (χ3v) is 5.99. The molecule has 146 valence electrons. The van der Waals surface area contributed by atoms with E-state index in [0.29, 0.717) is 12.6 Å². The number of nitrogens with zero attached hydrogens (tertiary/aromatic N) is 2. The number of aliphatic imine (C=N–C) groups is 1. The summed E-state index contributed by atoms with van der Waals surface area (Å²) in [6.07, 6.45) is 1.17. The van der Waals surface area contributed by atoms with Crippen molar-refractivity contribution in [1.82, 2.24) is 15.5 Å². The van der Waals surface area contributed by atoms with E-state index in [2.05, 4.69) is 46.9 Å². The van der Waals surface area contributed by atoms with Crippen LogP contribution >= 0.6 is 11.3 Å². The van der Waals surface area contributed by atoms with Crippen molar-refractivity contribution in [2.45, 2.75) is 39.4 Å². The molecule has 5 nitrogen and oxygen atoms in total. The molecule has 2 aromatic rings. The molecule has 0 aliphatic carbocycles. The van der Waals surface area contributed by atoms with Gasteiger partial charge in [0, 0.05) is 42.7 Å². The summed E-state index contributed by atoms with van der Waals surface area (Å²) < 4.78 is 5.42. The van der Waals surface area contributed by atoms with E-state index < -0.39 is 0 Å². The molecule has 0 amide bonds. The number of hydrogen-bond acceptors (Lipinski definition) is 4. The van der Waals surface area contributed by atoms with Crippen molar-refractivity contribution in [2.24, 2.45) is 4.99 Å². The first-order chi connectivity index (χ1) is 13.2. The number of thiophene rings is 1. The van der Waals surface area contributed by atoms with Gasteiger partial charge in [-0.1, -0.05) is 18.2 Å². The minimum absolute atomic E-state index is 0.452. The molecule has 1 aliphatic heterocycles. The molecule has 1 aromatic carbocycles. The van der Waals surface area contributed by atoms with Crippen LogP contribution in [0, 0.1) is 0 Å². The highest BCUT2D eigenvalue weighted by molar-refractivity contribution is 7.10. The molecule has 6 heteroatoms. The fraction of sp³-hybridized carbons (Fsp3) is 0.476. The van der Waals surface area contributed by atoms with Gasteiger partial charge in [-0.15, -0.1) is 11.3 Å². The molecule has 0 bridgehead atoms. The zero-order valence-corrected chi connectivity index (χ0v) is 17.3. The van der Waals surface area contributed by atoms with Crippen LogP contribution in [-0.2, 0) is 19.5 Å². The van der Waals surface area contributed by atoms with Crippen LogP contribution in [0.5, 0.6) is 5.75 Å². The second-order valence-corrected chi connectivity index (χ2v) is 7.83. The summed E-state index contributed by atoms with van der Waals surface area (Å²) >= 11 is 1.89. The molecule has 2 heterocycles. The average Bonchev–Trinajstić information content (AvgIpc) is 3.17. The monoisotopic (exact) mass is 386 g/mol. The highest BCUT2D eigenvalue weighted by Crippen LogP contribution is 2.25. The molecule has 1 aromatic heterocycles. The number of rotatable bonds is 7. The lowest BCUT2D eigenvalue weighted by molar-refractivity contribution is 0.192. The predicted octanol–water partition coefficient (Wildman–Crippen LogP) is 3.26. The minimum Gasteiger partial charge on any atom is -0.496 e. The largest absolute Gasteiger partial charge is 0.496 e. The van der Waals surface area contributed by atoms with Crippen LogP contribution in [-0.4, -0.2) is 43.6 Å². The van der Waals surface area contributed by atoms with Crippen LogP contribution in [0.15, 0.2) is 40.7 Å². The third-order valence-electron chi connectivity index (χ3n) is 4.97. The van der Waals surface area contributed by atoms with E-state index in [1.54, 1.807) is 12.0 Å². The van der Waals surface area contributed by atoms with Gasteiger partial charge in [0.25, 0.3) is 0 Å². The second-order valence-electron chi connectivity index (χ2n) is 6.83. The number of guanidine groups is 1. The zero-order chi connectivity index (χ0) is 19.1. The lowest BCUT2D eigenvalue weighted by Gasteiger charge is -2.32. The van der Waals surface area contributed by atoms with Crippen LogP contribution in [0.2, 0.25) is 0 Å². The van der Waals surface area contributed by atoms with Gasteiger partial charge in [0.15, 0.2) is 5.96 Å². The number of benzene rings is 1. The van der Waals surface area contributed by atoms with Crippen molar-refractivity contribution in [3.05, 3.63) is 51.7 Å². The summed E-state index contributed by atoms with van der Waals surface area (Å²) in [5.41, 5.74) is 2.58. The standard InChI is InChI=1S/C21H30N4OS/c1-4-22-21(24-14-17-7-5-6-8-19(17)26-3)23-13-16(2)25-11-9-20-18(15-25)10-12-27-20/h5-8,10,12,16H,4,9,11,13-15H2,1-3H3,(H2,22,23,24). The van der Waals surface area contributed by atoms with Crippen molar-refractivity contribution in [1.29, 1.82) is 0 Å². The Bertz CT molecular complexity index is 758. The number of methoxy groups -OCH3 is 1. The second kappa shape index (κ2) is 9.76. The summed E-state index contributed by atoms with van der Waals surface area (Å²) in [4.78, 5) is 8.84. The molecule has 0 spiro atoms. The van der Waals surface area contributed by atoms with E-state index in [1.165, 1.54) is 12.0 Å². The fourth-order valence-electron chi connectivity index (χ4n) is 3.36. The first kappa shape index (κ1) is 19.7. The number of ether oxygens (including phenoxy) is 1. The molecule has 3 rings (SSSR count). The fourth-order valence-corrected chi connectivity index (χ4v) is 4.25. The van der Waals surface area contributed by atoms with Crippen LogP contribution in [0.1, 0.15) is 29.9 Å². The molecule has 2 N–H and O–H groups in total. The van der Waals surface area contributed by atoms with E-state index >= 15 is 0 Å². The maximum Gasteiger partial charge on any atom is 0.191 e. The van der Waals surface area contributed by atoms with Crippen molar-refractivity contribution in [3.8, 4) is 5.75 Å². The van der Waals surface area contributed by atoms with Crippen molar-refractivity contribution in [2.75, 3.05) is 26.7 Å². The number of hydrogen-bond donors (Lipinski definition) is 2. The van der Waals surface area contributed by atoms with Crippen LogP contribution in [0.25, 0.3) is 0 Å². The van der Waals surface area contributed by atoms with E-state index in [1.807, 2.05) is 29.5 Å².